The second-order valence-electron chi connectivity index (χ2n) is 2.61. The van der Waals surface area contributed by atoms with Crippen molar-refractivity contribution in [1.29, 1.82) is 0 Å². The molecule has 0 aromatic carbocycles. The summed E-state index contributed by atoms with van der Waals surface area (Å²) in [6, 6.07) is 0. The summed E-state index contributed by atoms with van der Waals surface area (Å²) < 4.78 is 12.4. The van der Waals surface area contributed by atoms with Gasteiger partial charge < -0.3 is 11.5 Å². The first kappa shape index (κ1) is 10.1. The second kappa shape index (κ2) is 3.82. The van der Waals surface area contributed by atoms with Crippen molar-refractivity contribution in [2.75, 3.05) is 0 Å². The Morgan fingerprint density at radius 3 is 2.64 bits per heavy atom. The van der Waals surface area contributed by atoms with Gasteiger partial charge in [0.1, 0.15) is 11.5 Å². The Kier molecular flexibility index (Phi) is 2.76. The van der Waals surface area contributed by atoms with Crippen molar-refractivity contribution in [2.24, 2.45) is 26.4 Å². The molecule has 1 aliphatic rings. The number of rotatable bonds is 1. The quantitative estimate of drug-likeness (QED) is 0.636. The lowest BCUT2D eigenvalue weighted by Gasteiger charge is -2.09. The number of guanidine groups is 1. The standard InChI is InChI=1S/C8H10FN5/c1-4(9)3-12-6-5(2)13-8(11)14-7(6)10/h3H,2H2,1H3,(H4,10,11,13,14)/b4-3+,12-6+. The molecule has 74 valence electrons. The Morgan fingerprint density at radius 2 is 2.14 bits per heavy atom. The minimum absolute atomic E-state index is 0.0207. The summed E-state index contributed by atoms with van der Waals surface area (Å²) in [6.45, 7) is 4.83. The molecule has 4 N–H and O–H groups in total. The highest BCUT2D eigenvalue weighted by atomic mass is 19.1. The zero-order valence-electron chi connectivity index (χ0n) is 7.66. The van der Waals surface area contributed by atoms with Gasteiger partial charge in [-0.25, -0.2) is 14.4 Å². The number of hydrogen-bond acceptors (Lipinski definition) is 5. The SMILES string of the molecule is C=C1N=C(N)N=C(N)/C1=N/C=C(\C)F. The van der Waals surface area contributed by atoms with Crippen molar-refractivity contribution < 1.29 is 4.39 Å². The van der Waals surface area contributed by atoms with Gasteiger partial charge in [0.15, 0.2) is 5.84 Å². The molecule has 0 saturated carbocycles. The third-order valence-corrected chi connectivity index (χ3v) is 1.37. The molecule has 1 rings (SSSR count). The van der Waals surface area contributed by atoms with Gasteiger partial charge in [0.05, 0.1) is 11.9 Å². The number of hydrogen-bond donors (Lipinski definition) is 2. The normalized spacial score (nSPS) is 20.9. The first-order chi connectivity index (χ1) is 6.50. The topological polar surface area (TPSA) is 89.1 Å². The fraction of sp³-hybridized carbons (Fsp3) is 0.125. The molecule has 1 aliphatic heterocycles. The summed E-state index contributed by atoms with van der Waals surface area (Å²) in [7, 11) is 0. The van der Waals surface area contributed by atoms with Crippen molar-refractivity contribution in [3.05, 3.63) is 24.3 Å². The van der Waals surface area contributed by atoms with Crippen LogP contribution < -0.4 is 11.5 Å². The monoisotopic (exact) mass is 195 g/mol. The molecular weight excluding hydrogens is 185 g/mol. The van der Waals surface area contributed by atoms with Gasteiger partial charge in [-0.1, -0.05) is 6.58 Å². The maximum Gasteiger partial charge on any atom is 0.222 e. The summed E-state index contributed by atoms with van der Waals surface area (Å²) in [5.41, 5.74) is 11.3. The molecule has 0 amide bonds. The molecule has 0 spiro atoms. The van der Waals surface area contributed by atoms with E-state index >= 15 is 0 Å². The highest BCUT2D eigenvalue weighted by Crippen LogP contribution is 2.05. The Balaban J connectivity index is 3.04. The maximum atomic E-state index is 12.4. The molecule has 0 aromatic heterocycles. The van der Waals surface area contributed by atoms with E-state index in [1.54, 1.807) is 0 Å². The smallest absolute Gasteiger partial charge is 0.222 e. The van der Waals surface area contributed by atoms with Crippen LogP contribution >= 0.6 is 0 Å². The zero-order valence-corrected chi connectivity index (χ0v) is 7.66. The molecule has 6 heteroatoms. The average Bonchev–Trinajstić information content (AvgIpc) is 2.01. The molecule has 1 heterocycles. The fourth-order valence-corrected chi connectivity index (χ4v) is 0.835. The van der Waals surface area contributed by atoms with Crippen molar-refractivity contribution in [3.63, 3.8) is 0 Å². The minimum atomic E-state index is -0.444. The molecule has 0 saturated heterocycles. The molecular formula is C8H10FN5. The van der Waals surface area contributed by atoms with E-state index in [1.807, 2.05) is 0 Å². The van der Waals surface area contributed by atoms with E-state index in [0.29, 0.717) is 0 Å². The van der Waals surface area contributed by atoms with Gasteiger partial charge in [0, 0.05) is 0 Å². The van der Waals surface area contributed by atoms with E-state index in [2.05, 4.69) is 21.6 Å². The second-order valence-corrected chi connectivity index (χ2v) is 2.61. The van der Waals surface area contributed by atoms with Crippen LogP contribution in [0.25, 0.3) is 0 Å². The summed E-state index contributed by atoms with van der Waals surface area (Å²) >= 11 is 0. The fourth-order valence-electron chi connectivity index (χ4n) is 0.835. The molecule has 5 nitrogen and oxygen atoms in total. The van der Waals surface area contributed by atoms with Gasteiger partial charge in [-0.05, 0) is 6.92 Å². The van der Waals surface area contributed by atoms with Crippen LogP contribution in [-0.2, 0) is 0 Å². The maximum absolute atomic E-state index is 12.4. The van der Waals surface area contributed by atoms with Gasteiger partial charge >= 0.3 is 0 Å². The molecule has 14 heavy (non-hydrogen) atoms. The van der Waals surface area contributed by atoms with Crippen molar-refractivity contribution in [2.45, 2.75) is 6.92 Å². The Labute approximate surface area is 80.4 Å². The number of nitrogens with zero attached hydrogens (tertiary/aromatic N) is 3. The van der Waals surface area contributed by atoms with Crippen LogP contribution in [0.5, 0.6) is 0 Å². The molecule has 0 unspecified atom stereocenters. The predicted molar refractivity (Wildman–Crippen MR) is 54.7 cm³/mol. The van der Waals surface area contributed by atoms with Gasteiger partial charge in [-0.15, -0.1) is 0 Å². The van der Waals surface area contributed by atoms with Crippen molar-refractivity contribution in [1.82, 2.24) is 0 Å². The summed E-state index contributed by atoms with van der Waals surface area (Å²) in [6.07, 6.45) is 1.01. The summed E-state index contributed by atoms with van der Waals surface area (Å²) in [5, 5.41) is 0. The minimum Gasteiger partial charge on any atom is -0.382 e. The van der Waals surface area contributed by atoms with Crippen LogP contribution in [0.15, 0.2) is 39.3 Å². The van der Waals surface area contributed by atoms with Gasteiger partial charge in [-0.3, -0.25) is 0 Å². The van der Waals surface area contributed by atoms with Crippen LogP contribution in [0.4, 0.5) is 4.39 Å². The number of aliphatic imine (C=N–C) groups is 3. The molecule has 0 aliphatic carbocycles. The molecule has 0 aromatic rings. The van der Waals surface area contributed by atoms with Crippen molar-refractivity contribution in [3.8, 4) is 0 Å². The molecule has 0 radical (unpaired) electrons. The summed E-state index contributed by atoms with van der Waals surface area (Å²) in [5.74, 6) is -0.340. The van der Waals surface area contributed by atoms with E-state index in [1.165, 1.54) is 6.92 Å². The van der Waals surface area contributed by atoms with Gasteiger partial charge in [-0.2, -0.15) is 4.99 Å². The lowest BCUT2D eigenvalue weighted by molar-refractivity contribution is 0.637. The van der Waals surface area contributed by atoms with Crippen LogP contribution in [0.1, 0.15) is 6.92 Å². The van der Waals surface area contributed by atoms with Crippen LogP contribution in [-0.4, -0.2) is 17.5 Å². The molecule has 0 atom stereocenters. The van der Waals surface area contributed by atoms with Crippen LogP contribution in [0.3, 0.4) is 0 Å². The molecule has 0 fully saturated rings. The first-order valence-corrected chi connectivity index (χ1v) is 3.78. The van der Waals surface area contributed by atoms with Crippen LogP contribution in [0.2, 0.25) is 0 Å². The number of nitrogens with two attached hydrogens (primary N) is 2. The summed E-state index contributed by atoms with van der Waals surface area (Å²) in [4.78, 5) is 11.2. The highest BCUT2D eigenvalue weighted by molar-refractivity contribution is 6.49. The van der Waals surface area contributed by atoms with Gasteiger partial charge in [0.2, 0.25) is 5.96 Å². The average molecular weight is 195 g/mol. The lowest BCUT2D eigenvalue weighted by Crippen LogP contribution is -2.31. The number of halogens is 1. The Hall–Kier alpha value is -1.98. The first-order valence-electron chi connectivity index (χ1n) is 3.78. The predicted octanol–water partition coefficient (Wildman–Crippen LogP) is 0.457. The Morgan fingerprint density at radius 1 is 1.50 bits per heavy atom. The van der Waals surface area contributed by atoms with E-state index in [-0.39, 0.29) is 23.2 Å². The third kappa shape index (κ3) is 2.25. The highest BCUT2D eigenvalue weighted by Gasteiger charge is 2.14. The van der Waals surface area contributed by atoms with Crippen LogP contribution in [0, 0.1) is 0 Å². The number of amidine groups is 1. The Bertz CT molecular complexity index is 385. The van der Waals surface area contributed by atoms with E-state index in [9.17, 15) is 4.39 Å². The van der Waals surface area contributed by atoms with Gasteiger partial charge in [0.25, 0.3) is 0 Å². The van der Waals surface area contributed by atoms with E-state index < -0.39 is 5.83 Å². The van der Waals surface area contributed by atoms with E-state index in [0.717, 1.165) is 6.20 Å². The number of allylic oxidation sites excluding steroid dienone is 1. The largest absolute Gasteiger partial charge is 0.382 e. The van der Waals surface area contributed by atoms with Crippen molar-refractivity contribution >= 4 is 17.5 Å². The third-order valence-electron chi connectivity index (χ3n) is 1.37. The molecule has 0 bridgehead atoms. The lowest BCUT2D eigenvalue weighted by atomic mass is 10.2. The van der Waals surface area contributed by atoms with E-state index in [4.69, 9.17) is 11.5 Å². The zero-order chi connectivity index (χ0) is 10.7.